The smallest absolute Gasteiger partial charge is 0.250 e. The van der Waals surface area contributed by atoms with Crippen molar-refractivity contribution >= 4 is 9.84 Å². The number of rotatable bonds is 5. The Morgan fingerprint density at radius 3 is 2.61 bits per heavy atom. The zero-order valence-corrected chi connectivity index (χ0v) is 13.8. The van der Waals surface area contributed by atoms with Crippen molar-refractivity contribution in [2.45, 2.75) is 67.9 Å². The summed E-state index contributed by atoms with van der Waals surface area (Å²) in [7, 11) is -3.51. The molecular formula is C15H21N5O2S. The van der Waals surface area contributed by atoms with E-state index in [1.807, 2.05) is 10.7 Å². The molecule has 0 amide bonds. The first-order valence-corrected chi connectivity index (χ1v) is 9.95. The molecule has 2 aromatic rings. The summed E-state index contributed by atoms with van der Waals surface area (Å²) in [5, 5.41) is 12.1. The first-order chi connectivity index (χ1) is 11.1. The molecule has 2 aliphatic carbocycles. The number of nitrogens with zero attached hydrogens (tertiary/aromatic N) is 5. The lowest BCUT2D eigenvalue weighted by atomic mass is 9.95. The Morgan fingerprint density at radius 1 is 1.09 bits per heavy atom. The first kappa shape index (κ1) is 14.9. The van der Waals surface area contributed by atoms with E-state index < -0.39 is 9.84 Å². The van der Waals surface area contributed by atoms with Crippen LogP contribution >= 0.6 is 0 Å². The lowest BCUT2D eigenvalue weighted by molar-refractivity contribution is 0.324. The molecule has 0 bridgehead atoms. The van der Waals surface area contributed by atoms with Crippen LogP contribution in [-0.2, 0) is 15.6 Å². The maximum Gasteiger partial charge on any atom is 0.250 e. The van der Waals surface area contributed by atoms with Crippen LogP contribution in [0.4, 0.5) is 0 Å². The lowest BCUT2D eigenvalue weighted by Crippen LogP contribution is -2.19. The third-order valence-electron chi connectivity index (χ3n) is 4.77. The molecular weight excluding hydrogens is 314 g/mol. The van der Waals surface area contributed by atoms with Crippen LogP contribution in [0, 0.1) is 0 Å². The highest BCUT2D eigenvalue weighted by atomic mass is 32.2. The molecule has 23 heavy (non-hydrogen) atoms. The molecule has 0 spiro atoms. The minimum Gasteiger partial charge on any atom is -0.301 e. The second-order valence-electron chi connectivity index (χ2n) is 6.57. The van der Waals surface area contributed by atoms with E-state index in [4.69, 9.17) is 0 Å². The van der Waals surface area contributed by atoms with Crippen LogP contribution in [-0.4, -0.2) is 33.0 Å². The fraction of sp³-hybridized carbons (Fsp3) is 0.667. The summed E-state index contributed by atoms with van der Waals surface area (Å²) in [6.07, 6.45) is 11.0. The van der Waals surface area contributed by atoms with Gasteiger partial charge in [0.1, 0.15) is 6.33 Å². The molecule has 2 aromatic heterocycles. The average Bonchev–Trinajstić information content (AvgIpc) is 3.09. The molecule has 0 atom stereocenters. The summed E-state index contributed by atoms with van der Waals surface area (Å²) >= 11 is 0. The third kappa shape index (κ3) is 2.91. The molecule has 2 fully saturated rings. The summed E-state index contributed by atoms with van der Waals surface area (Å²) in [6.45, 7) is 0. The van der Waals surface area contributed by atoms with Crippen LogP contribution in [0.5, 0.6) is 0 Å². The number of aromatic nitrogens is 5. The molecule has 0 aliphatic heterocycles. The fourth-order valence-corrected chi connectivity index (χ4v) is 4.86. The van der Waals surface area contributed by atoms with E-state index in [1.165, 1.54) is 25.6 Å². The van der Waals surface area contributed by atoms with Gasteiger partial charge in [0.05, 0.1) is 17.5 Å². The zero-order chi connectivity index (χ0) is 15.9. The first-order valence-electron chi connectivity index (χ1n) is 8.30. The summed E-state index contributed by atoms with van der Waals surface area (Å²) in [4.78, 5) is 0. The molecule has 124 valence electrons. The maximum absolute atomic E-state index is 12.8. The molecule has 8 heteroatoms. The van der Waals surface area contributed by atoms with Gasteiger partial charge in [0, 0.05) is 12.2 Å². The van der Waals surface area contributed by atoms with E-state index in [1.54, 1.807) is 10.8 Å². The van der Waals surface area contributed by atoms with Crippen LogP contribution in [0.1, 0.15) is 62.7 Å². The van der Waals surface area contributed by atoms with Gasteiger partial charge >= 0.3 is 0 Å². The molecule has 4 rings (SSSR count). The summed E-state index contributed by atoms with van der Waals surface area (Å²) in [6, 6.07) is 2.38. The Balaban J connectivity index is 1.60. The third-order valence-corrected chi connectivity index (χ3v) is 6.29. The van der Waals surface area contributed by atoms with Crippen molar-refractivity contribution < 1.29 is 8.42 Å². The average molecular weight is 335 g/mol. The van der Waals surface area contributed by atoms with Gasteiger partial charge < -0.3 is 4.57 Å². The van der Waals surface area contributed by atoms with Crippen molar-refractivity contribution in [2.24, 2.45) is 0 Å². The predicted octanol–water partition coefficient (Wildman–Crippen LogP) is 2.29. The molecule has 2 saturated carbocycles. The molecule has 2 heterocycles. The Labute approximate surface area is 135 Å². The van der Waals surface area contributed by atoms with Crippen molar-refractivity contribution in [3.05, 3.63) is 24.3 Å². The van der Waals surface area contributed by atoms with Gasteiger partial charge in [0.2, 0.25) is 15.0 Å². The van der Waals surface area contributed by atoms with E-state index in [0.717, 1.165) is 31.4 Å². The van der Waals surface area contributed by atoms with Crippen LogP contribution in [0.15, 0.2) is 23.7 Å². The van der Waals surface area contributed by atoms with Crippen molar-refractivity contribution in [1.29, 1.82) is 0 Å². The monoisotopic (exact) mass is 335 g/mol. The van der Waals surface area contributed by atoms with Crippen molar-refractivity contribution in [3.63, 3.8) is 0 Å². The van der Waals surface area contributed by atoms with Crippen LogP contribution < -0.4 is 0 Å². The van der Waals surface area contributed by atoms with E-state index >= 15 is 0 Å². The standard InChI is InChI=1S/C15H21N5O2S/c21-23(22,15-18-16-11-19(15)12-6-7-12)10-14-8-9-17-20(14)13-4-2-1-3-5-13/h8-9,11-13H,1-7,10H2. The van der Waals surface area contributed by atoms with E-state index in [0.29, 0.717) is 6.04 Å². The normalized spacial score (nSPS) is 20.0. The largest absolute Gasteiger partial charge is 0.301 e. The topological polar surface area (TPSA) is 82.7 Å². The van der Waals surface area contributed by atoms with Crippen LogP contribution in [0.2, 0.25) is 0 Å². The lowest BCUT2D eigenvalue weighted by Gasteiger charge is -2.23. The van der Waals surface area contributed by atoms with Crippen LogP contribution in [0.25, 0.3) is 0 Å². The van der Waals surface area contributed by atoms with Crippen molar-refractivity contribution in [3.8, 4) is 0 Å². The van der Waals surface area contributed by atoms with Gasteiger partial charge in [-0.25, -0.2) is 8.42 Å². The number of sulfone groups is 1. The van der Waals surface area contributed by atoms with Gasteiger partial charge in [-0.05, 0) is 31.7 Å². The van der Waals surface area contributed by atoms with Gasteiger partial charge in [0.15, 0.2) is 0 Å². The van der Waals surface area contributed by atoms with E-state index in [-0.39, 0.29) is 17.0 Å². The van der Waals surface area contributed by atoms with Gasteiger partial charge in [0.25, 0.3) is 0 Å². The highest BCUT2D eigenvalue weighted by Crippen LogP contribution is 2.36. The Morgan fingerprint density at radius 2 is 1.87 bits per heavy atom. The van der Waals surface area contributed by atoms with Crippen molar-refractivity contribution in [2.75, 3.05) is 0 Å². The Bertz CT molecular complexity index is 784. The molecule has 0 saturated heterocycles. The van der Waals surface area contributed by atoms with Gasteiger partial charge in [-0.3, -0.25) is 4.68 Å². The van der Waals surface area contributed by atoms with Crippen molar-refractivity contribution in [1.82, 2.24) is 24.5 Å². The molecule has 7 nitrogen and oxygen atoms in total. The Hall–Kier alpha value is -1.70. The van der Waals surface area contributed by atoms with Gasteiger partial charge in [-0.1, -0.05) is 19.3 Å². The predicted molar refractivity (Wildman–Crippen MR) is 83.5 cm³/mol. The molecule has 0 N–H and O–H groups in total. The molecule has 0 unspecified atom stereocenters. The second-order valence-corrected chi connectivity index (χ2v) is 8.45. The second kappa shape index (κ2) is 5.74. The highest BCUT2D eigenvalue weighted by Gasteiger charge is 2.32. The van der Waals surface area contributed by atoms with Gasteiger partial charge in [-0.2, -0.15) is 5.10 Å². The SMILES string of the molecule is O=S(=O)(Cc1ccnn1C1CCCCC1)c1nncn1C1CC1. The van der Waals surface area contributed by atoms with E-state index in [9.17, 15) is 8.42 Å². The quantitative estimate of drug-likeness (QED) is 0.837. The minimum absolute atomic E-state index is 0.0606. The Kier molecular flexibility index (Phi) is 3.71. The summed E-state index contributed by atoms with van der Waals surface area (Å²) in [5.74, 6) is -0.0606. The minimum atomic E-state index is -3.51. The summed E-state index contributed by atoms with van der Waals surface area (Å²) in [5.41, 5.74) is 0.752. The van der Waals surface area contributed by atoms with E-state index in [2.05, 4.69) is 15.3 Å². The summed E-state index contributed by atoms with van der Waals surface area (Å²) < 4.78 is 29.2. The molecule has 2 aliphatic rings. The van der Waals surface area contributed by atoms with Gasteiger partial charge in [-0.15, -0.1) is 10.2 Å². The zero-order valence-electron chi connectivity index (χ0n) is 13.0. The molecule has 0 radical (unpaired) electrons. The number of hydrogen-bond donors (Lipinski definition) is 0. The van der Waals surface area contributed by atoms with Crippen LogP contribution in [0.3, 0.4) is 0 Å². The highest BCUT2D eigenvalue weighted by molar-refractivity contribution is 7.90. The number of hydrogen-bond acceptors (Lipinski definition) is 5. The molecule has 0 aromatic carbocycles. The fourth-order valence-electron chi connectivity index (χ4n) is 3.43. The maximum atomic E-state index is 12.8.